The molecule has 0 atom stereocenters. The predicted molar refractivity (Wildman–Crippen MR) is 90.4 cm³/mol. The summed E-state index contributed by atoms with van der Waals surface area (Å²) in [7, 11) is 0. The van der Waals surface area contributed by atoms with Crippen molar-refractivity contribution in [2.45, 2.75) is 83.5 Å². The number of aryl methyl sites for hydroxylation is 1. The largest absolute Gasteiger partial charge is 0.459 e. The zero-order valence-electron chi connectivity index (χ0n) is 14.4. The van der Waals surface area contributed by atoms with Gasteiger partial charge in [0, 0.05) is 11.7 Å². The van der Waals surface area contributed by atoms with E-state index in [1.54, 1.807) is 0 Å². The number of nitrogens with zero attached hydrogens (tertiary/aromatic N) is 2. The van der Waals surface area contributed by atoms with E-state index in [0.29, 0.717) is 11.8 Å². The molecule has 0 N–H and O–H groups in total. The number of aromatic nitrogens is 2. The molecule has 0 unspecified atom stereocenters. The van der Waals surface area contributed by atoms with Crippen LogP contribution < -0.4 is 0 Å². The predicted octanol–water partition coefficient (Wildman–Crippen LogP) is 4.44. The number of carbonyl (C=O) groups excluding carboxylic acids is 1. The van der Waals surface area contributed by atoms with E-state index in [2.05, 4.69) is 16.5 Å². The molecule has 1 heterocycles. The quantitative estimate of drug-likeness (QED) is 0.607. The molecule has 2 rings (SSSR count). The lowest BCUT2D eigenvalue weighted by molar-refractivity contribution is -0.151. The first-order chi connectivity index (χ1) is 10.3. The van der Waals surface area contributed by atoms with Crippen LogP contribution in [-0.4, -0.2) is 26.9 Å². The van der Waals surface area contributed by atoms with E-state index in [1.807, 2.05) is 27.7 Å². The van der Waals surface area contributed by atoms with Crippen molar-refractivity contribution >= 4 is 17.7 Å². The van der Waals surface area contributed by atoms with Gasteiger partial charge in [-0.25, -0.2) is 4.98 Å². The van der Waals surface area contributed by atoms with Crippen molar-refractivity contribution in [3.05, 3.63) is 11.4 Å². The van der Waals surface area contributed by atoms with E-state index in [1.165, 1.54) is 49.6 Å². The molecule has 0 amide bonds. The summed E-state index contributed by atoms with van der Waals surface area (Å²) in [5.41, 5.74) is 1.87. The highest BCUT2D eigenvalue weighted by Gasteiger charge is 2.23. The summed E-state index contributed by atoms with van der Waals surface area (Å²) < 4.78 is 7.74. The first kappa shape index (κ1) is 17.4. The maximum absolute atomic E-state index is 11.9. The van der Waals surface area contributed by atoms with E-state index in [9.17, 15) is 4.79 Å². The molecule has 124 valence electrons. The Labute approximate surface area is 138 Å². The second-order valence-electron chi connectivity index (χ2n) is 7.10. The van der Waals surface area contributed by atoms with Crippen LogP contribution in [0.3, 0.4) is 0 Å². The summed E-state index contributed by atoms with van der Waals surface area (Å²) in [6.45, 7) is 9.87. The normalized spacial score (nSPS) is 16.8. The summed E-state index contributed by atoms with van der Waals surface area (Å²) in [5, 5.41) is 0.966. The molecule has 0 radical (unpaired) electrons. The third-order valence-corrected chi connectivity index (χ3v) is 4.96. The van der Waals surface area contributed by atoms with Gasteiger partial charge in [0.2, 0.25) is 0 Å². The Kier molecular flexibility index (Phi) is 5.59. The summed E-state index contributed by atoms with van der Waals surface area (Å²) >= 11 is 1.50. The van der Waals surface area contributed by atoms with E-state index in [-0.39, 0.29) is 5.97 Å². The SMILES string of the molecule is Cc1nc(SCC(=O)OC(C)(C)C)n(C2CCCCC2)c1C. The zero-order chi connectivity index (χ0) is 16.3. The third-order valence-electron chi connectivity index (χ3n) is 4.03. The number of hydrogen-bond acceptors (Lipinski definition) is 4. The van der Waals surface area contributed by atoms with Gasteiger partial charge < -0.3 is 9.30 Å². The summed E-state index contributed by atoms with van der Waals surface area (Å²) in [4.78, 5) is 16.6. The van der Waals surface area contributed by atoms with Crippen molar-refractivity contribution in [3.63, 3.8) is 0 Å². The summed E-state index contributed by atoms with van der Waals surface area (Å²) in [6, 6.07) is 0.538. The van der Waals surface area contributed by atoms with Gasteiger partial charge in [-0.2, -0.15) is 0 Å². The topological polar surface area (TPSA) is 44.1 Å². The van der Waals surface area contributed by atoms with Gasteiger partial charge in [-0.05, 0) is 47.5 Å². The van der Waals surface area contributed by atoms with Crippen molar-refractivity contribution in [2.24, 2.45) is 0 Å². The van der Waals surface area contributed by atoms with Crippen LogP contribution in [0, 0.1) is 13.8 Å². The lowest BCUT2D eigenvalue weighted by Crippen LogP contribution is -2.25. The van der Waals surface area contributed by atoms with Crippen molar-refractivity contribution in [1.29, 1.82) is 0 Å². The van der Waals surface area contributed by atoms with Crippen LogP contribution in [0.5, 0.6) is 0 Å². The molecule has 1 saturated carbocycles. The van der Waals surface area contributed by atoms with Gasteiger partial charge in [0.05, 0.1) is 11.4 Å². The average Bonchev–Trinajstić information content (AvgIpc) is 2.71. The Morgan fingerprint density at radius 3 is 2.50 bits per heavy atom. The molecule has 0 aliphatic heterocycles. The van der Waals surface area contributed by atoms with Gasteiger partial charge in [-0.1, -0.05) is 31.0 Å². The monoisotopic (exact) mass is 324 g/mol. The molecule has 0 bridgehead atoms. The number of esters is 1. The molecule has 1 fully saturated rings. The van der Waals surface area contributed by atoms with E-state index < -0.39 is 5.60 Å². The first-order valence-corrected chi connectivity index (χ1v) is 9.16. The molecule has 22 heavy (non-hydrogen) atoms. The van der Waals surface area contributed by atoms with Crippen LogP contribution in [-0.2, 0) is 9.53 Å². The molecule has 0 aromatic carbocycles. The Bertz CT molecular complexity index is 525. The van der Waals surface area contributed by atoms with Gasteiger partial charge in [0.1, 0.15) is 5.60 Å². The molecule has 0 spiro atoms. The minimum Gasteiger partial charge on any atom is -0.459 e. The minimum atomic E-state index is -0.428. The molecular formula is C17H28N2O2S. The van der Waals surface area contributed by atoms with Crippen LogP contribution in [0.4, 0.5) is 0 Å². The molecule has 0 saturated heterocycles. The molecular weight excluding hydrogens is 296 g/mol. The van der Waals surface area contributed by atoms with Crippen LogP contribution in [0.15, 0.2) is 5.16 Å². The van der Waals surface area contributed by atoms with Gasteiger partial charge in [0.15, 0.2) is 5.16 Å². The zero-order valence-corrected chi connectivity index (χ0v) is 15.3. The Hall–Kier alpha value is -0.970. The number of ether oxygens (including phenoxy) is 1. The van der Waals surface area contributed by atoms with Crippen molar-refractivity contribution in [3.8, 4) is 0 Å². The molecule has 1 aromatic heterocycles. The molecule has 5 heteroatoms. The van der Waals surface area contributed by atoms with Crippen molar-refractivity contribution < 1.29 is 9.53 Å². The maximum atomic E-state index is 11.9. The van der Waals surface area contributed by atoms with Crippen LogP contribution in [0.25, 0.3) is 0 Å². The van der Waals surface area contributed by atoms with Crippen molar-refractivity contribution in [2.75, 3.05) is 5.75 Å². The van der Waals surface area contributed by atoms with Crippen LogP contribution in [0.2, 0.25) is 0 Å². The van der Waals surface area contributed by atoms with Gasteiger partial charge in [-0.15, -0.1) is 0 Å². The van der Waals surface area contributed by atoms with Gasteiger partial charge in [0.25, 0.3) is 0 Å². The highest BCUT2D eigenvalue weighted by molar-refractivity contribution is 7.99. The Balaban J connectivity index is 2.07. The first-order valence-electron chi connectivity index (χ1n) is 8.18. The van der Waals surface area contributed by atoms with Gasteiger partial charge in [-0.3, -0.25) is 4.79 Å². The Morgan fingerprint density at radius 1 is 1.27 bits per heavy atom. The highest BCUT2D eigenvalue weighted by Crippen LogP contribution is 2.34. The maximum Gasteiger partial charge on any atom is 0.316 e. The minimum absolute atomic E-state index is 0.175. The lowest BCUT2D eigenvalue weighted by Gasteiger charge is -2.26. The number of hydrogen-bond donors (Lipinski definition) is 0. The fraction of sp³-hybridized carbons (Fsp3) is 0.765. The molecule has 1 aromatic rings. The fourth-order valence-corrected chi connectivity index (χ4v) is 3.89. The summed E-state index contributed by atoms with van der Waals surface area (Å²) in [5.74, 6) is 0.144. The van der Waals surface area contributed by atoms with E-state index in [4.69, 9.17) is 4.74 Å². The second-order valence-corrected chi connectivity index (χ2v) is 8.04. The lowest BCUT2D eigenvalue weighted by atomic mass is 9.95. The third kappa shape index (κ3) is 4.51. The number of thioether (sulfide) groups is 1. The molecule has 1 aliphatic carbocycles. The van der Waals surface area contributed by atoms with Crippen molar-refractivity contribution in [1.82, 2.24) is 9.55 Å². The Morgan fingerprint density at radius 2 is 1.91 bits per heavy atom. The molecule has 1 aliphatic rings. The van der Waals surface area contributed by atoms with Crippen LogP contribution >= 0.6 is 11.8 Å². The second kappa shape index (κ2) is 7.07. The standard InChI is InChI=1S/C17H28N2O2S/c1-12-13(2)19(14-9-7-6-8-10-14)16(18-12)22-11-15(20)21-17(3,4)5/h14H,6-11H2,1-5H3. The van der Waals surface area contributed by atoms with Crippen LogP contribution in [0.1, 0.15) is 70.3 Å². The number of imidazole rings is 1. The van der Waals surface area contributed by atoms with E-state index >= 15 is 0 Å². The van der Waals surface area contributed by atoms with E-state index in [0.717, 1.165) is 10.9 Å². The summed E-state index contributed by atoms with van der Waals surface area (Å²) in [6.07, 6.45) is 6.35. The fourth-order valence-electron chi connectivity index (χ4n) is 2.96. The average molecular weight is 324 g/mol. The molecule has 4 nitrogen and oxygen atoms in total. The van der Waals surface area contributed by atoms with Gasteiger partial charge >= 0.3 is 5.97 Å². The highest BCUT2D eigenvalue weighted by atomic mass is 32.2. The number of rotatable bonds is 4. The smallest absolute Gasteiger partial charge is 0.316 e. The number of carbonyl (C=O) groups is 1.